The van der Waals surface area contributed by atoms with Gasteiger partial charge in [-0.3, -0.25) is 30.0 Å². The molecule has 2 fully saturated rings. The van der Waals surface area contributed by atoms with E-state index < -0.39 is 0 Å². The largest absolute Gasteiger partial charge is 0.497 e. The standard InChI is InChI=1S/2C18H18N2O3.Co/c2*1-12(21)20-17(13-7-9-14(23-2)10-8-13)11-16(19-20)15-5-3-4-6-18(15)22;/h2*3-10,17,19H,11H2,1-2H3;/b2*16-15-;. The first-order valence-electron chi connectivity index (χ1n) is 14.9. The molecule has 10 nitrogen and oxygen atoms in total. The van der Waals surface area contributed by atoms with E-state index in [1.54, 1.807) is 48.5 Å². The smallest absolute Gasteiger partial charge is 0.238 e. The minimum Gasteiger partial charge on any atom is -0.497 e. The second-order valence-electron chi connectivity index (χ2n) is 10.9. The number of ketones is 2. The van der Waals surface area contributed by atoms with Gasteiger partial charge in [0, 0.05) is 66.0 Å². The third kappa shape index (κ3) is 7.82. The molecule has 2 aromatic rings. The molecule has 0 spiro atoms. The number of ether oxygens (including phenoxy) is 2. The second kappa shape index (κ2) is 15.4. The van der Waals surface area contributed by atoms with Crippen molar-refractivity contribution in [3.8, 4) is 11.5 Å². The number of rotatable bonds is 4. The van der Waals surface area contributed by atoms with E-state index in [4.69, 9.17) is 9.47 Å². The zero-order chi connectivity index (χ0) is 32.8. The van der Waals surface area contributed by atoms with Gasteiger partial charge >= 0.3 is 0 Å². The molecule has 2 aliphatic heterocycles. The van der Waals surface area contributed by atoms with E-state index in [2.05, 4.69) is 10.9 Å². The number of hydrogen-bond acceptors (Lipinski definition) is 8. The number of benzene rings is 2. The van der Waals surface area contributed by atoms with Crippen molar-refractivity contribution in [2.75, 3.05) is 14.2 Å². The molecule has 4 aliphatic rings. The first kappa shape index (κ1) is 34.7. The van der Waals surface area contributed by atoms with Crippen LogP contribution in [0.4, 0.5) is 0 Å². The monoisotopic (exact) mass is 679 g/mol. The predicted molar refractivity (Wildman–Crippen MR) is 173 cm³/mol. The van der Waals surface area contributed by atoms with Crippen LogP contribution in [-0.2, 0) is 36.0 Å². The summed E-state index contributed by atoms with van der Waals surface area (Å²) >= 11 is 0. The van der Waals surface area contributed by atoms with Crippen LogP contribution in [0.2, 0.25) is 0 Å². The molecule has 2 saturated heterocycles. The Morgan fingerprint density at radius 1 is 0.617 bits per heavy atom. The molecule has 2 heterocycles. The molecule has 0 bridgehead atoms. The summed E-state index contributed by atoms with van der Waals surface area (Å²) < 4.78 is 10.3. The summed E-state index contributed by atoms with van der Waals surface area (Å²) in [6, 6.07) is 14.9. The number of hydrogen-bond donors (Lipinski definition) is 2. The van der Waals surface area contributed by atoms with Crippen molar-refractivity contribution < 1.29 is 45.4 Å². The number of nitrogens with one attached hydrogen (secondary N) is 2. The van der Waals surface area contributed by atoms with Crippen LogP contribution in [-0.4, -0.2) is 47.6 Å². The maximum Gasteiger partial charge on any atom is 0.238 e. The maximum atomic E-state index is 12.0. The van der Waals surface area contributed by atoms with Gasteiger partial charge in [0.1, 0.15) is 11.5 Å². The summed E-state index contributed by atoms with van der Waals surface area (Å²) in [5.41, 5.74) is 10.9. The van der Waals surface area contributed by atoms with Crippen LogP contribution >= 0.6 is 0 Å². The molecule has 2 aliphatic carbocycles. The Labute approximate surface area is 284 Å². The quantitative estimate of drug-likeness (QED) is 0.440. The summed E-state index contributed by atoms with van der Waals surface area (Å²) in [7, 11) is 3.23. The van der Waals surface area contributed by atoms with Gasteiger partial charge in [-0.15, -0.1) is 0 Å². The Morgan fingerprint density at radius 3 is 1.26 bits per heavy atom. The normalized spacial score (nSPS) is 22.6. The fourth-order valence-corrected chi connectivity index (χ4v) is 5.66. The van der Waals surface area contributed by atoms with Gasteiger partial charge in [-0.1, -0.05) is 48.6 Å². The van der Waals surface area contributed by atoms with Crippen LogP contribution in [0.5, 0.6) is 11.5 Å². The second-order valence-corrected chi connectivity index (χ2v) is 10.9. The SMILES string of the molecule is COc1ccc(C2C/C(=C3\C=CC=CC3=O)NN2C(C)=O)cc1.COc1ccc(C2C/C(=C3\C=CC=CC3=O)NN2C(C)=O)cc1.[Co]. The van der Waals surface area contributed by atoms with E-state index in [1.165, 1.54) is 26.0 Å². The van der Waals surface area contributed by atoms with Crippen molar-refractivity contribution in [3.63, 3.8) is 0 Å². The molecule has 2 aromatic carbocycles. The van der Waals surface area contributed by atoms with Gasteiger partial charge in [0.05, 0.1) is 26.3 Å². The van der Waals surface area contributed by atoms with Crippen molar-refractivity contribution >= 4 is 23.4 Å². The van der Waals surface area contributed by atoms with Crippen LogP contribution in [0.15, 0.2) is 120 Å². The molecule has 1 radical (unpaired) electrons. The average Bonchev–Trinajstić information content (AvgIpc) is 3.72. The molecule has 245 valence electrons. The maximum absolute atomic E-state index is 12.0. The van der Waals surface area contributed by atoms with Crippen molar-refractivity contribution in [3.05, 3.63) is 131 Å². The van der Waals surface area contributed by atoms with Crippen LogP contribution in [0.25, 0.3) is 0 Å². The third-order valence-corrected chi connectivity index (χ3v) is 8.03. The number of nitrogens with zero attached hydrogens (tertiary/aromatic N) is 2. The van der Waals surface area contributed by atoms with Gasteiger partial charge in [-0.2, -0.15) is 0 Å². The Morgan fingerprint density at radius 2 is 0.957 bits per heavy atom. The number of carbonyl (C=O) groups is 4. The molecule has 6 rings (SSSR count). The first-order chi connectivity index (χ1) is 22.2. The zero-order valence-electron chi connectivity index (χ0n) is 26.5. The van der Waals surface area contributed by atoms with Crippen molar-refractivity contribution in [1.82, 2.24) is 20.9 Å². The Kier molecular flexibility index (Phi) is 11.4. The van der Waals surface area contributed by atoms with Gasteiger partial charge in [0.2, 0.25) is 11.8 Å². The fourth-order valence-electron chi connectivity index (χ4n) is 5.66. The summed E-state index contributed by atoms with van der Waals surface area (Å²) in [5.74, 6) is 1.25. The summed E-state index contributed by atoms with van der Waals surface area (Å²) in [4.78, 5) is 48.0. The van der Waals surface area contributed by atoms with Crippen LogP contribution in [0.3, 0.4) is 0 Å². The van der Waals surface area contributed by atoms with E-state index in [-0.39, 0.29) is 52.2 Å². The molecule has 47 heavy (non-hydrogen) atoms. The zero-order valence-corrected chi connectivity index (χ0v) is 27.5. The predicted octanol–water partition coefficient (Wildman–Crippen LogP) is 4.88. The molecule has 2 amide bonds. The topological polar surface area (TPSA) is 117 Å². The number of hydrazine groups is 2. The number of methoxy groups -OCH3 is 2. The Balaban J connectivity index is 0.000000208. The molecule has 2 unspecified atom stereocenters. The van der Waals surface area contributed by atoms with E-state index >= 15 is 0 Å². The van der Waals surface area contributed by atoms with Crippen LogP contribution in [0.1, 0.15) is 49.9 Å². The average molecular weight is 680 g/mol. The van der Waals surface area contributed by atoms with Gasteiger partial charge in [-0.05, 0) is 59.7 Å². The Hall–Kier alpha value is -5.13. The van der Waals surface area contributed by atoms with Crippen LogP contribution in [0, 0.1) is 0 Å². The van der Waals surface area contributed by atoms with Gasteiger partial charge in [0.15, 0.2) is 11.6 Å². The molecule has 0 saturated carbocycles. The first-order valence-corrected chi connectivity index (χ1v) is 14.9. The van der Waals surface area contributed by atoms with Crippen molar-refractivity contribution in [2.24, 2.45) is 0 Å². The molecule has 0 aromatic heterocycles. The fraction of sp³-hybridized carbons (Fsp3) is 0.222. The van der Waals surface area contributed by atoms with Crippen LogP contribution < -0.4 is 20.3 Å². The minimum absolute atomic E-state index is 0. The van der Waals surface area contributed by atoms with E-state index in [0.29, 0.717) is 24.0 Å². The number of carbonyl (C=O) groups excluding carboxylic acids is 4. The van der Waals surface area contributed by atoms with E-state index in [1.807, 2.05) is 60.7 Å². The molecule has 2 N–H and O–H groups in total. The molecule has 2 atom stereocenters. The summed E-state index contributed by atoms with van der Waals surface area (Å²) in [6.45, 7) is 3.02. The van der Waals surface area contributed by atoms with E-state index in [0.717, 1.165) is 34.0 Å². The number of amides is 2. The summed E-state index contributed by atoms with van der Waals surface area (Å²) in [5, 5.41) is 3.15. The van der Waals surface area contributed by atoms with Gasteiger partial charge in [-0.25, -0.2) is 10.0 Å². The molecular weight excluding hydrogens is 643 g/mol. The number of allylic oxidation sites excluding steroid dienone is 10. The third-order valence-electron chi connectivity index (χ3n) is 8.03. The molecular formula is C36H36CoN4O6. The molecule has 11 heteroatoms. The Bertz CT molecular complexity index is 1590. The summed E-state index contributed by atoms with van der Waals surface area (Å²) in [6.07, 6.45) is 14.8. The van der Waals surface area contributed by atoms with Crippen molar-refractivity contribution in [1.29, 1.82) is 0 Å². The minimum atomic E-state index is -0.145. The van der Waals surface area contributed by atoms with Gasteiger partial charge in [0.25, 0.3) is 0 Å². The van der Waals surface area contributed by atoms with Crippen molar-refractivity contribution in [2.45, 2.75) is 38.8 Å². The van der Waals surface area contributed by atoms with E-state index in [9.17, 15) is 19.2 Å². The van der Waals surface area contributed by atoms with Gasteiger partial charge < -0.3 is 9.47 Å².